The zero-order chi connectivity index (χ0) is 50.3. The van der Waals surface area contributed by atoms with E-state index >= 15 is 0 Å². The zero-order valence-electron chi connectivity index (χ0n) is 41.5. The van der Waals surface area contributed by atoms with Gasteiger partial charge in [-0.1, -0.05) is 36.4 Å². The molecule has 3 aromatic carbocycles. The number of hydrogen-bond donors (Lipinski definition) is 3. The predicted octanol–water partition coefficient (Wildman–Crippen LogP) is 7.79. The van der Waals surface area contributed by atoms with E-state index in [9.17, 15) is 23.3 Å². The molecular formula is C54H63N9O9S. The lowest BCUT2D eigenvalue weighted by molar-refractivity contribution is -0.384. The van der Waals surface area contributed by atoms with Crippen molar-refractivity contribution in [2.24, 2.45) is 5.41 Å². The minimum Gasteiger partial charge on any atom is -0.489 e. The van der Waals surface area contributed by atoms with Gasteiger partial charge in [-0.15, -0.1) is 0 Å². The number of likely N-dealkylation sites (tertiary alicyclic amines) is 1. The number of aromatic nitrogens is 2. The van der Waals surface area contributed by atoms with Gasteiger partial charge in [0.25, 0.3) is 21.6 Å². The van der Waals surface area contributed by atoms with Crippen molar-refractivity contribution in [1.82, 2.24) is 24.5 Å². The highest BCUT2D eigenvalue weighted by molar-refractivity contribution is 7.90. The number of ether oxygens (including phenoxy) is 4. The maximum atomic E-state index is 14.6. The van der Waals surface area contributed by atoms with E-state index < -0.39 is 37.5 Å². The first-order valence-electron chi connectivity index (χ1n) is 25.8. The molecule has 1 aliphatic carbocycles. The second-order valence-electron chi connectivity index (χ2n) is 21.5. The number of sulfonamides is 1. The van der Waals surface area contributed by atoms with Crippen LogP contribution in [0.3, 0.4) is 0 Å². The number of piperidine rings is 1. The van der Waals surface area contributed by atoms with Gasteiger partial charge in [0.2, 0.25) is 5.88 Å². The maximum absolute atomic E-state index is 14.6. The van der Waals surface area contributed by atoms with Crippen LogP contribution in [0.5, 0.6) is 11.6 Å². The summed E-state index contributed by atoms with van der Waals surface area (Å²) in [5.41, 5.74) is 6.39. The van der Waals surface area contributed by atoms with Gasteiger partial charge in [0.1, 0.15) is 24.0 Å². The second-order valence-corrected chi connectivity index (χ2v) is 23.1. The normalized spacial score (nSPS) is 25.4. The number of anilines is 4. The molecule has 7 aliphatic rings. The van der Waals surface area contributed by atoms with E-state index in [2.05, 4.69) is 74.4 Å². The molecule has 0 unspecified atom stereocenters. The van der Waals surface area contributed by atoms with Crippen LogP contribution in [-0.4, -0.2) is 135 Å². The number of nitro groups is 1. The highest BCUT2D eigenvalue weighted by Gasteiger charge is 2.50. The number of pyridine rings is 1. The SMILES string of the molecule is C=C(C)c1ccccc1[C@@H]1CCCN1C1CC2(CCN(c3ccc(C(=O)NS(=O)(=O)c4cc5c(c([N+](=O)[O-])c4)N[C@@H]([C@H]4CN(C6COC6)[C@H](C)CO4)CO5)c(N4C[C@@H](C)Oc5nc6[nH]ccc6cc54)c3)CC2)C1. The van der Waals surface area contributed by atoms with Crippen LogP contribution in [0.1, 0.15) is 86.8 Å². The summed E-state index contributed by atoms with van der Waals surface area (Å²) >= 11 is 0. The monoisotopic (exact) mass is 1010 g/mol. The quantitative estimate of drug-likeness (QED) is 0.0856. The van der Waals surface area contributed by atoms with Gasteiger partial charge in [-0.05, 0) is 113 Å². The number of benzene rings is 3. The molecule has 19 heteroatoms. The minimum absolute atomic E-state index is 0.00966. The Bertz CT molecular complexity index is 3110. The Morgan fingerprint density at radius 2 is 1.74 bits per heavy atom. The van der Waals surface area contributed by atoms with E-state index in [1.807, 2.05) is 36.1 Å². The fraction of sp³-hybridized carbons (Fsp3) is 0.481. The third-order valence-corrected chi connectivity index (χ3v) is 18.0. The van der Waals surface area contributed by atoms with Crippen molar-refractivity contribution in [3.8, 4) is 11.6 Å². The fourth-order valence-corrected chi connectivity index (χ4v) is 13.7. The fourth-order valence-electron chi connectivity index (χ4n) is 12.7. The van der Waals surface area contributed by atoms with Gasteiger partial charge in [-0.2, -0.15) is 4.98 Å². The van der Waals surface area contributed by atoms with Crippen LogP contribution in [0.2, 0.25) is 0 Å². The molecule has 4 saturated heterocycles. The molecule has 12 rings (SSSR count). The zero-order valence-corrected chi connectivity index (χ0v) is 42.4. The number of H-pyrrole nitrogens is 1. The number of carbonyl (C=O) groups excluding carboxylic acids is 1. The lowest BCUT2D eigenvalue weighted by Gasteiger charge is -2.56. The van der Waals surface area contributed by atoms with Gasteiger partial charge in [-0.25, -0.2) is 13.1 Å². The highest BCUT2D eigenvalue weighted by Crippen LogP contribution is 2.55. The van der Waals surface area contributed by atoms with Crippen LogP contribution in [0.25, 0.3) is 16.6 Å². The Morgan fingerprint density at radius 3 is 2.51 bits per heavy atom. The number of fused-ring (bicyclic) bond motifs is 3. The Labute approximate surface area is 425 Å². The first-order valence-corrected chi connectivity index (χ1v) is 27.2. The number of nitro benzene ring substituents is 1. The summed E-state index contributed by atoms with van der Waals surface area (Å²) in [6, 6.07) is 21.3. The molecule has 5 atom stereocenters. The molecular weight excluding hydrogens is 951 g/mol. The molecule has 18 nitrogen and oxygen atoms in total. The average molecular weight is 1010 g/mol. The van der Waals surface area contributed by atoms with E-state index in [0.717, 1.165) is 55.2 Å². The van der Waals surface area contributed by atoms with Gasteiger partial charge in [-0.3, -0.25) is 24.7 Å². The summed E-state index contributed by atoms with van der Waals surface area (Å²) in [5.74, 6) is -0.524. The van der Waals surface area contributed by atoms with Gasteiger partial charge in [0, 0.05) is 67.2 Å². The number of hydrogen-bond acceptors (Lipinski definition) is 15. The summed E-state index contributed by atoms with van der Waals surface area (Å²) in [6.45, 7) is 16.0. The van der Waals surface area contributed by atoms with E-state index in [4.69, 9.17) is 23.9 Å². The minimum atomic E-state index is -4.70. The number of aromatic amines is 1. The van der Waals surface area contributed by atoms with E-state index in [1.165, 1.54) is 42.9 Å². The van der Waals surface area contributed by atoms with E-state index in [-0.39, 0.29) is 53.3 Å². The third-order valence-electron chi connectivity index (χ3n) is 16.7. The molecule has 2 aromatic heterocycles. The first-order chi connectivity index (χ1) is 35.2. The molecule has 3 N–H and O–H groups in total. The van der Waals surface area contributed by atoms with E-state index in [1.54, 1.807) is 12.3 Å². The molecule has 73 heavy (non-hydrogen) atoms. The van der Waals surface area contributed by atoms with Gasteiger partial charge >= 0.3 is 0 Å². The molecule has 6 aliphatic heterocycles. The van der Waals surface area contributed by atoms with Crippen molar-refractivity contribution in [1.29, 1.82) is 0 Å². The average Bonchev–Trinajstić information content (AvgIpc) is 4.04. The third kappa shape index (κ3) is 8.75. The number of rotatable bonds is 11. The Balaban J connectivity index is 0.796. The number of morpholine rings is 1. The predicted molar refractivity (Wildman–Crippen MR) is 278 cm³/mol. The van der Waals surface area contributed by atoms with Crippen molar-refractivity contribution in [3.63, 3.8) is 0 Å². The van der Waals surface area contributed by atoms with Gasteiger partial charge in [0.15, 0.2) is 11.4 Å². The van der Waals surface area contributed by atoms with Crippen LogP contribution in [0.4, 0.5) is 28.4 Å². The van der Waals surface area contributed by atoms with Crippen molar-refractivity contribution >= 4 is 61.0 Å². The lowest BCUT2D eigenvalue weighted by atomic mass is 9.59. The largest absolute Gasteiger partial charge is 0.489 e. The summed E-state index contributed by atoms with van der Waals surface area (Å²) in [5, 5.41) is 16.7. The van der Waals surface area contributed by atoms with Crippen molar-refractivity contribution in [2.45, 2.75) is 107 Å². The van der Waals surface area contributed by atoms with Crippen LogP contribution in [-0.2, 0) is 19.5 Å². The molecule has 0 radical (unpaired) electrons. The smallest absolute Gasteiger partial charge is 0.297 e. The molecule has 1 amide bonds. The Kier molecular flexibility index (Phi) is 12.2. The number of allylic oxidation sites excluding steroid dienone is 1. The first kappa shape index (κ1) is 47.7. The molecule has 8 heterocycles. The van der Waals surface area contributed by atoms with Crippen molar-refractivity contribution in [2.75, 3.05) is 74.3 Å². The summed E-state index contributed by atoms with van der Waals surface area (Å²) in [6.07, 6.45) is 7.93. The van der Waals surface area contributed by atoms with Crippen molar-refractivity contribution in [3.05, 3.63) is 106 Å². The van der Waals surface area contributed by atoms with Gasteiger partial charge < -0.3 is 39.0 Å². The molecule has 5 aromatic rings. The topological polar surface area (TPSA) is 197 Å². The van der Waals surface area contributed by atoms with Crippen molar-refractivity contribution < 1.29 is 37.1 Å². The standard InChI is InChI=1S/C54H63N9O9S/c1-32(2)40-8-5-6-9-41(40)44-10-7-17-60(44)37-24-54(25-37)14-18-59(19-15-54)36-11-12-42(45(21-36)62-26-34(4)72-53-47(62)20-35-13-16-55-51(35)57-53)52(64)58-73(67,68)39-22-46(63(65)66)50-48(23-39)71-31-43(56-50)49-27-61(33(3)28-70-49)38-29-69-30-38/h5-6,8-9,11-13,16,20-23,33-34,37-38,43-44,49,56H,1,7,10,14-15,17-19,24-31H2,2-4H3,(H,55,57)(H,58,64)/t33-,34-,43-,44+,49-/m1/s1. The van der Waals surface area contributed by atoms with Crippen LogP contribution < -0.4 is 29.3 Å². The summed E-state index contributed by atoms with van der Waals surface area (Å²) < 4.78 is 54.9. The number of amides is 1. The van der Waals surface area contributed by atoms with Crippen LogP contribution in [0.15, 0.2) is 84.4 Å². The number of carbonyl (C=O) groups is 1. The summed E-state index contributed by atoms with van der Waals surface area (Å²) in [7, 11) is -4.70. The molecule has 5 fully saturated rings. The van der Waals surface area contributed by atoms with E-state index in [0.29, 0.717) is 67.9 Å². The molecule has 1 spiro atoms. The maximum Gasteiger partial charge on any atom is 0.297 e. The lowest BCUT2D eigenvalue weighted by Crippen LogP contribution is -2.62. The highest BCUT2D eigenvalue weighted by atomic mass is 32.2. The van der Waals surface area contributed by atoms with Crippen LogP contribution >= 0.6 is 0 Å². The second kappa shape index (κ2) is 18.6. The summed E-state index contributed by atoms with van der Waals surface area (Å²) in [4.78, 5) is 43.5. The molecule has 1 saturated carbocycles. The van der Waals surface area contributed by atoms with Crippen LogP contribution in [0, 0.1) is 15.5 Å². The number of nitrogens with zero attached hydrogens (tertiary/aromatic N) is 6. The Hall–Kier alpha value is -6.25. The molecule has 0 bridgehead atoms. The van der Waals surface area contributed by atoms with Gasteiger partial charge in [0.05, 0.1) is 65.6 Å². The number of nitrogens with one attached hydrogen (secondary N) is 3. The Morgan fingerprint density at radius 1 is 0.932 bits per heavy atom. The molecule has 384 valence electrons.